The molecule has 0 heterocycles. The van der Waals surface area contributed by atoms with Gasteiger partial charge in [-0.25, -0.2) is 0 Å². The summed E-state index contributed by atoms with van der Waals surface area (Å²) in [7, 11) is 0. The lowest BCUT2D eigenvalue weighted by Gasteiger charge is -2.24. The second-order valence-corrected chi connectivity index (χ2v) is 5.20. The first-order valence-electron chi connectivity index (χ1n) is 6.76. The average molecular weight is 309 g/mol. The van der Waals surface area contributed by atoms with E-state index in [1.54, 1.807) is 0 Å². The van der Waals surface area contributed by atoms with Crippen LogP contribution >= 0.6 is 15.9 Å². The lowest BCUT2D eigenvalue weighted by atomic mass is 9.95. The fraction of sp³-hybridized carbons (Fsp3) is 0.533. The van der Waals surface area contributed by atoms with E-state index in [1.165, 1.54) is 32.1 Å². The van der Waals surface area contributed by atoms with Crippen molar-refractivity contribution in [1.82, 2.24) is 0 Å². The zero-order valence-corrected chi connectivity index (χ0v) is 12.8. The zero-order chi connectivity index (χ0) is 13.4. The van der Waals surface area contributed by atoms with Gasteiger partial charge in [0.1, 0.15) is 6.07 Å². The highest BCUT2D eigenvalue weighted by molar-refractivity contribution is 9.10. The molecule has 18 heavy (non-hydrogen) atoms. The topological polar surface area (TPSA) is 35.8 Å². The molecular weight excluding hydrogens is 288 g/mol. The van der Waals surface area contributed by atoms with Gasteiger partial charge in [-0.05, 0) is 31.0 Å². The van der Waals surface area contributed by atoms with Gasteiger partial charge >= 0.3 is 0 Å². The zero-order valence-electron chi connectivity index (χ0n) is 11.2. The molecule has 98 valence electrons. The summed E-state index contributed by atoms with van der Waals surface area (Å²) in [6.45, 7) is 4.00. The minimum Gasteiger partial charge on any atom is -0.381 e. The highest BCUT2D eigenvalue weighted by Gasteiger charge is 2.14. The van der Waals surface area contributed by atoms with Crippen molar-refractivity contribution < 1.29 is 0 Å². The minimum absolute atomic E-state index is 0.537. The summed E-state index contributed by atoms with van der Waals surface area (Å²) in [6, 6.07) is 8.52. The number of nitrogens with one attached hydrogen (secondary N) is 1. The molecule has 1 saturated carbocycles. The van der Waals surface area contributed by atoms with Crippen LogP contribution < -0.4 is 5.32 Å². The van der Waals surface area contributed by atoms with Crippen LogP contribution in [0.1, 0.15) is 51.5 Å². The Bertz CT molecular complexity index is 403. The van der Waals surface area contributed by atoms with E-state index in [9.17, 15) is 0 Å². The van der Waals surface area contributed by atoms with Crippen molar-refractivity contribution in [1.29, 1.82) is 5.26 Å². The Kier molecular flexibility index (Phi) is 6.82. The summed E-state index contributed by atoms with van der Waals surface area (Å²) in [5.74, 6) is 0. The van der Waals surface area contributed by atoms with E-state index in [0.29, 0.717) is 6.04 Å². The number of halogens is 1. The molecule has 1 aromatic carbocycles. The number of nitriles is 1. The van der Waals surface area contributed by atoms with E-state index in [4.69, 9.17) is 5.26 Å². The Labute approximate surface area is 119 Å². The predicted octanol–water partition coefficient (Wildman–Crippen LogP) is 5.09. The van der Waals surface area contributed by atoms with Gasteiger partial charge in [-0.3, -0.25) is 0 Å². The number of nitrogens with zero attached hydrogens (tertiary/aromatic N) is 1. The SMILES string of the molecule is CC.N#Cc1ccc(Br)cc1NC1CCCCC1. The van der Waals surface area contributed by atoms with Gasteiger partial charge < -0.3 is 5.32 Å². The smallest absolute Gasteiger partial charge is 0.101 e. The Balaban J connectivity index is 0.000000771. The third-order valence-corrected chi connectivity index (χ3v) is 3.56. The largest absolute Gasteiger partial charge is 0.381 e. The molecule has 0 aliphatic heterocycles. The van der Waals surface area contributed by atoms with E-state index < -0.39 is 0 Å². The van der Waals surface area contributed by atoms with E-state index >= 15 is 0 Å². The molecule has 0 unspecified atom stereocenters. The fourth-order valence-electron chi connectivity index (χ4n) is 2.20. The predicted molar refractivity (Wildman–Crippen MR) is 80.7 cm³/mol. The monoisotopic (exact) mass is 308 g/mol. The van der Waals surface area contributed by atoms with Crippen molar-refractivity contribution in [3.8, 4) is 6.07 Å². The van der Waals surface area contributed by atoms with Crippen molar-refractivity contribution >= 4 is 21.6 Å². The maximum atomic E-state index is 9.03. The number of benzene rings is 1. The Morgan fingerprint density at radius 1 is 1.22 bits per heavy atom. The quantitative estimate of drug-likeness (QED) is 0.825. The number of anilines is 1. The second-order valence-electron chi connectivity index (χ2n) is 4.28. The maximum Gasteiger partial charge on any atom is 0.101 e. The van der Waals surface area contributed by atoms with E-state index in [-0.39, 0.29) is 0 Å². The molecular formula is C15H21BrN2. The molecule has 1 aliphatic carbocycles. The molecule has 2 nitrogen and oxygen atoms in total. The third-order valence-electron chi connectivity index (χ3n) is 3.07. The summed E-state index contributed by atoms with van der Waals surface area (Å²) >= 11 is 3.44. The van der Waals surface area contributed by atoms with Gasteiger partial charge in [0.25, 0.3) is 0 Å². The van der Waals surface area contributed by atoms with Gasteiger partial charge in [-0.2, -0.15) is 5.26 Å². The molecule has 1 aromatic rings. The molecule has 0 radical (unpaired) electrons. The molecule has 0 aromatic heterocycles. The van der Waals surface area contributed by atoms with Crippen LogP contribution in [0, 0.1) is 11.3 Å². The van der Waals surface area contributed by atoms with Crippen molar-refractivity contribution in [2.24, 2.45) is 0 Å². The molecule has 0 amide bonds. The minimum atomic E-state index is 0.537. The van der Waals surface area contributed by atoms with Crippen molar-refractivity contribution in [3.63, 3.8) is 0 Å². The first kappa shape index (κ1) is 15.0. The van der Waals surface area contributed by atoms with Crippen LogP contribution in [0.5, 0.6) is 0 Å². The maximum absolute atomic E-state index is 9.03. The first-order valence-corrected chi connectivity index (χ1v) is 7.55. The molecule has 1 N–H and O–H groups in total. The van der Waals surface area contributed by atoms with E-state index in [1.807, 2.05) is 32.0 Å². The fourth-order valence-corrected chi connectivity index (χ4v) is 2.56. The number of rotatable bonds is 2. The van der Waals surface area contributed by atoms with Gasteiger partial charge in [0.2, 0.25) is 0 Å². The van der Waals surface area contributed by atoms with Crippen LogP contribution in [0.2, 0.25) is 0 Å². The van der Waals surface area contributed by atoms with Crippen LogP contribution in [-0.4, -0.2) is 6.04 Å². The highest BCUT2D eigenvalue weighted by atomic mass is 79.9. The molecule has 0 atom stereocenters. The second kappa shape index (κ2) is 8.16. The molecule has 0 bridgehead atoms. The first-order chi connectivity index (χ1) is 8.79. The van der Waals surface area contributed by atoms with Crippen molar-refractivity contribution in [3.05, 3.63) is 28.2 Å². The Morgan fingerprint density at radius 2 is 1.89 bits per heavy atom. The number of hydrogen-bond donors (Lipinski definition) is 1. The molecule has 2 rings (SSSR count). The Morgan fingerprint density at radius 3 is 2.50 bits per heavy atom. The normalized spacial score (nSPS) is 15.2. The van der Waals surface area contributed by atoms with Gasteiger partial charge in [-0.15, -0.1) is 0 Å². The van der Waals surface area contributed by atoms with Gasteiger partial charge in [0, 0.05) is 10.5 Å². The summed E-state index contributed by atoms with van der Waals surface area (Å²) in [6.07, 6.45) is 6.39. The third kappa shape index (κ3) is 4.34. The molecule has 0 saturated heterocycles. The van der Waals surface area contributed by atoms with Crippen LogP contribution in [-0.2, 0) is 0 Å². The standard InChI is InChI=1S/C13H15BrN2.C2H6/c14-11-7-6-10(9-15)13(8-11)16-12-4-2-1-3-5-12;1-2/h6-8,12,16H,1-5H2;1-2H3. The lowest BCUT2D eigenvalue weighted by molar-refractivity contribution is 0.462. The molecule has 3 heteroatoms. The van der Waals surface area contributed by atoms with Crippen LogP contribution in [0.15, 0.2) is 22.7 Å². The number of hydrogen-bond acceptors (Lipinski definition) is 2. The van der Waals surface area contributed by atoms with Gasteiger partial charge in [0.05, 0.1) is 11.3 Å². The van der Waals surface area contributed by atoms with E-state index in [2.05, 4.69) is 27.3 Å². The van der Waals surface area contributed by atoms with Gasteiger partial charge in [0.15, 0.2) is 0 Å². The van der Waals surface area contributed by atoms with Crippen molar-refractivity contribution in [2.45, 2.75) is 52.0 Å². The summed E-state index contributed by atoms with van der Waals surface area (Å²) in [5, 5.41) is 12.5. The van der Waals surface area contributed by atoms with Crippen LogP contribution in [0.4, 0.5) is 5.69 Å². The molecule has 1 fully saturated rings. The lowest BCUT2D eigenvalue weighted by Crippen LogP contribution is -2.22. The van der Waals surface area contributed by atoms with Gasteiger partial charge in [-0.1, -0.05) is 49.0 Å². The highest BCUT2D eigenvalue weighted by Crippen LogP contribution is 2.25. The van der Waals surface area contributed by atoms with E-state index in [0.717, 1.165) is 15.7 Å². The van der Waals surface area contributed by atoms with Crippen molar-refractivity contribution in [2.75, 3.05) is 5.32 Å². The van der Waals surface area contributed by atoms with Crippen LogP contribution in [0.25, 0.3) is 0 Å². The molecule has 0 spiro atoms. The average Bonchev–Trinajstić information content (AvgIpc) is 2.42. The van der Waals surface area contributed by atoms with Crippen LogP contribution in [0.3, 0.4) is 0 Å². The summed E-state index contributed by atoms with van der Waals surface area (Å²) in [4.78, 5) is 0. The summed E-state index contributed by atoms with van der Waals surface area (Å²) in [5.41, 5.74) is 1.69. The molecule has 1 aliphatic rings. The Hall–Kier alpha value is -1.01. The summed E-state index contributed by atoms with van der Waals surface area (Å²) < 4.78 is 1.02.